The summed E-state index contributed by atoms with van der Waals surface area (Å²) in [5.41, 5.74) is 0.856. The maximum atomic E-state index is 13.7. The molecule has 1 aliphatic rings. The number of hydrogen-bond acceptors (Lipinski definition) is 3. The van der Waals surface area contributed by atoms with Crippen LogP contribution in [0.15, 0.2) is 18.2 Å². The molecule has 1 unspecified atom stereocenters. The fourth-order valence-corrected chi connectivity index (χ4v) is 2.19. The van der Waals surface area contributed by atoms with Crippen molar-refractivity contribution < 1.29 is 13.9 Å². The van der Waals surface area contributed by atoms with Crippen LogP contribution < -0.4 is 4.90 Å². The van der Waals surface area contributed by atoms with Gasteiger partial charge in [0.2, 0.25) is 0 Å². The molecular formula is C13H16FNO2. The predicted octanol–water partition coefficient (Wildman–Crippen LogP) is 2.25. The minimum atomic E-state index is -0.450. The number of morpholine rings is 1. The number of ketones is 1. The molecule has 0 spiro atoms. The molecule has 1 fully saturated rings. The summed E-state index contributed by atoms with van der Waals surface area (Å²) < 4.78 is 19.0. The van der Waals surface area contributed by atoms with Crippen LogP contribution in [0.1, 0.15) is 24.2 Å². The monoisotopic (exact) mass is 237 g/mol. The summed E-state index contributed by atoms with van der Waals surface area (Å²) in [7, 11) is 0. The fourth-order valence-electron chi connectivity index (χ4n) is 2.19. The lowest BCUT2D eigenvalue weighted by Crippen LogP contribution is -2.44. The van der Waals surface area contributed by atoms with Crippen molar-refractivity contribution in [1.82, 2.24) is 0 Å². The number of anilines is 1. The van der Waals surface area contributed by atoms with E-state index in [2.05, 4.69) is 0 Å². The van der Waals surface area contributed by atoms with E-state index in [-0.39, 0.29) is 17.4 Å². The van der Waals surface area contributed by atoms with Gasteiger partial charge in [-0.2, -0.15) is 0 Å². The van der Waals surface area contributed by atoms with E-state index < -0.39 is 5.82 Å². The lowest BCUT2D eigenvalue weighted by Gasteiger charge is -2.36. The van der Waals surface area contributed by atoms with Crippen molar-refractivity contribution in [3.05, 3.63) is 29.6 Å². The Labute approximate surface area is 100 Å². The first-order valence-corrected chi connectivity index (χ1v) is 5.75. The molecule has 1 atom stereocenters. The highest BCUT2D eigenvalue weighted by Gasteiger charge is 2.24. The average molecular weight is 237 g/mol. The van der Waals surface area contributed by atoms with Gasteiger partial charge in [-0.15, -0.1) is 0 Å². The van der Waals surface area contributed by atoms with Gasteiger partial charge in [0, 0.05) is 12.6 Å². The molecule has 0 saturated carbocycles. The molecule has 1 heterocycles. The van der Waals surface area contributed by atoms with Crippen LogP contribution in [0.5, 0.6) is 0 Å². The van der Waals surface area contributed by atoms with Crippen molar-refractivity contribution >= 4 is 11.5 Å². The van der Waals surface area contributed by atoms with Crippen LogP contribution in [0.4, 0.5) is 10.1 Å². The second kappa shape index (κ2) is 4.84. The Morgan fingerprint density at radius 2 is 2.29 bits per heavy atom. The van der Waals surface area contributed by atoms with Crippen molar-refractivity contribution in [3.8, 4) is 0 Å². The first kappa shape index (κ1) is 12.0. The second-order valence-electron chi connectivity index (χ2n) is 4.31. The van der Waals surface area contributed by atoms with E-state index >= 15 is 0 Å². The lowest BCUT2D eigenvalue weighted by atomic mass is 10.1. The number of benzene rings is 1. The number of carbonyl (C=O) groups excluding carboxylic acids is 1. The van der Waals surface area contributed by atoms with Crippen LogP contribution in [-0.4, -0.2) is 31.6 Å². The first-order chi connectivity index (χ1) is 8.11. The molecule has 1 aromatic carbocycles. The van der Waals surface area contributed by atoms with Crippen molar-refractivity contribution in [2.45, 2.75) is 19.9 Å². The molecule has 1 aromatic rings. The highest BCUT2D eigenvalue weighted by Crippen LogP contribution is 2.26. The third-order valence-corrected chi connectivity index (χ3v) is 3.02. The van der Waals surface area contributed by atoms with Crippen molar-refractivity contribution in [1.29, 1.82) is 0 Å². The van der Waals surface area contributed by atoms with Crippen LogP contribution in [0.3, 0.4) is 0 Å². The van der Waals surface area contributed by atoms with Crippen LogP contribution >= 0.6 is 0 Å². The van der Waals surface area contributed by atoms with E-state index in [0.717, 1.165) is 0 Å². The van der Waals surface area contributed by atoms with Crippen molar-refractivity contribution in [3.63, 3.8) is 0 Å². The average Bonchev–Trinajstić information content (AvgIpc) is 2.28. The van der Waals surface area contributed by atoms with Crippen LogP contribution in [0.25, 0.3) is 0 Å². The Morgan fingerprint density at radius 3 is 2.94 bits per heavy atom. The zero-order chi connectivity index (χ0) is 12.4. The molecule has 4 heteroatoms. The van der Waals surface area contributed by atoms with Crippen LogP contribution in [0, 0.1) is 5.82 Å². The van der Waals surface area contributed by atoms with E-state index in [1.54, 1.807) is 12.1 Å². The van der Waals surface area contributed by atoms with E-state index in [4.69, 9.17) is 4.74 Å². The highest BCUT2D eigenvalue weighted by molar-refractivity contribution is 6.00. The smallest absolute Gasteiger partial charge is 0.164 e. The van der Waals surface area contributed by atoms with E-state index in [1.165, 1.54) is 13.0 Å². The minimum Gasteiger partial charge on any atom is -0.377 e. The lowest BCUT2D eigenvalue weighted by molar-refractivity contribution is 0.0971. The molecule has 92 valence electrons. The molecule has 2 rings (SSSR count). The van der Waals surface area contributed by atoms with Gasteiger partial charge in [0.05, 0.1) is 24.5 Å². The van der Waals surface area contributed by atoms with Crippen molar-refractivity contribution in [2.75, 3.05) is 24.7 Å². The molecule has 3 nitrogen and oxygen atoms in total. The molecule has 1 saturated heterocycles. The van der Waals surface area contributed by atoms with E-state index in [0.29, 0.717) is 25.4 Å². The van der Waals surface area contributed by atoms with Gasteiger partial charge in [-0.25, -0.2) is 4.39 Å². The molecule has 1 aliphatic heterocycles. The minimum absolute atomic E-state index is 0.156. The molecule has 0 N–H and O–H groups in total. The van der Waals surface area contributed by atoms with Gasteiger partial charge >= 0.3 is 0 Å². The van der Waals surface area contributed by atoms with Gasteiger partial charge in [0.15, 0.2) is 5.78 Å². The van der Waals surface area contributed by atoms with Crippen molar-refractivity contribution in [2.24, 2.45) is 0 Å². The summed E-state index contributed by atoms with van der Waals surface area (Å²) in [6, 6.07) is 4.91. The fraction of sp³-hybridized carbons (Fsp3) is 0.462. The van der Waals surface area contributed by atoms with E-state index in [1.807, 2.05) is 11.8 Å². The van der Waals surface area contributed by atoms with Gasteiger partial charge in [-0.05, 0) is 26.0 Å². The molecular weight excluding hydrogens is 221 g/mol. The first-order valence-electron chi connectivity index (χ1n) is 5.75. The predicted molar refractivity (Wildman–Crippen MR) is 64.0 cm³/mol. The summed E-state index contributed by atoms with van der Waals surface area (Å²) in [5.74, 6) is -0.689. The number of carbonyl (C=O) groups is 1. The number of ether oxygens (including phenoxy) is 1. The maximum Gasteiger partial charge on any atom is 0.164 e. The summed E-state index contributed by atoms with van der Waals surface area (Å²) in [6.45, 7) is 5.30. The van der Waals surface area contributed by atoms with Crippen LogP contribution in [-0.2, 0) is 4.74 Å². The number of Topliss-reactive ketones (excluding diaryl/α,β-unsaturated/α-hetero) is 1. The zero-order valence-electron chi connectivity index (χ0n) is 10.1. The molecule has 0 bridgehead atoms. The third kappa shape index (κ3) is 2.31. The topological polar surface area (TPSA) is 29.5 Å². The number of hydrogen-bond donors (Lipinski definition) is 0. The molecule has 0 amide bonds. The summed E-state index contributed by atoms with van der Waals surface area (Å²) in [5, 5.41) is 0. The Kier molecular flexibility index (Phi) is 3.43. The number of halogens is 1. The van der Waals surface area contributed by atoms with Gasteiger partial charge in [-0.1, -0.05) is 6.07 Å². The largest absolute Gasteiger partial charge is 0.377 e. The number of rotatable bonds is 2. The highest BCUT2D eigenvalue weighted by atomic mass is 19.1. The van der Waals surface area contributed by atoms with Crippen LogP contribution in [0.2, 0.25) is 0 Å². The molecule has 17 heavy (non-hydrogen) atoms. The summed E-state index contributed by atoms with van der Waals surface area (Å²) in [6.07, 6.45) is 0. The normalized spacial score (nSPS) is 20.4. The van der Waals surface area contributed by atoms with Gasteiger partial charge in [0.25, 0.3) is 0 Å². The maximum absolute atomic E-state index is 13.7. The summed E-state index contributed by atoms with van der Waals surface area (Å²) >= 11 is 0. The molecule has 0 aliphatic carbocycles. The SMILES string of the molecule is CC(=O)c1c(F)cccc1N1CCOCC1C. The zero-order valence-corrected chi connectivity index (χ0v) is 10.1. The Bertz CT molecular complexity index is 433. The summed E-state index contributed by atoms with van der Waals surface area (Å²) in [4.78, 5) is 13.6. The Morgan fingerprint density at radius 1 is 1.53 bits per heavy atom. The standard InChI is InChI=1S/C13H16FNO2/c1-9-8-17-7-6-15(9)12-5-3-4-11(14)13(12)10(2)16/h3-5,9H,6-8H2,1-2H3. The van der Waals surface area contributed by atoms with Gasteiger partial charge in [-0.3, -0.25) is 4.79 Å². The van der Waals surface area contributed by atoms with Gasteiger partial charge in [0.1, 0.15) is 5.82 Å². The third-order valence-electron chi connectivity index (χ3n) is 3.02. The second-order valence-corrected chi connectivity index (χ2v) is 4.31. The Hall–Kier alpha value is -1.42. The van der Waals surface area contributed by atoms with Gasteiger partial charge < -0.3 is 9.64 Å². The van der Waals surface area contributed by atoms with E-state index in [9.17, 15) is 9.18 Å². The number of nitrogens with zero attached hydrogens (tertiary/aromatic N) is 1. The molecule has 0 aromatic heterocycles. The molecule has 0 radical (unpaired) electrons. The Balaban J connectivity index is 2.43. The quantitative estimate of drug-likeness (QED) is 0.739.